The van der Waals surface area contributed by atoms with E-state index < -0.39 is 0 Å². The van der Waals surface area contributed by atoms with E-state index in [2.05, 4.69) is 46.4 Å². The third-order valence-corrected chi connectivity index (χ3v) is 3.76. The van der Waals surface area contributed by atoms with Gasteiger partial charge in [0.25, 0.3) is 0 Å². The molecule has 2 saturated heterocycles. The Morgan fingerprint density at radius 1 is 1.26 bits per heavy atom. The Balaban J connectivity index is 1.62. The van der Waals surface area contributed by atoms with E-state index in [0.717, 1.165) is 31.1 Å². The molecular weight excluding hydrogens is 240 g/mol. The van der Waals surface area contributed by atoms with Crippen LogP contribution in [0.3, 0.4) is 0 Å². The van der Waals surface area contributed by atoms with Crippen molar-refractivity contribution in [2.75, 3.05) is 18.0 Å². The summed E-state index contributed by atoms with van der Waals surface area (Å²) in [4.78, 5) is 2.30. The van der Waals surface area contributed by atoms with Crippen LogP contribution < -0.4 is 10.2 Å². The first-order chi connectivity index (χ1) is 9.20. The number of aromatic nitrogens is 2. The minimum absolute atomic E-state index is 0.392. The fourth-order valence-electron chi connectivity index (χ4n) is 2.73. The van der Waals surface area contributed by atoms with Crippen molar-refractivity contribution in [2.24, 2.45) is 0 Å². The van der Waals surface area contributed by atoms with Gasteiger partial charge in [0, 0.05) is 25.7 Å². The zero-order chi connectivity index (χ0) is 13.2. The average Bonchev–Trinajstić information content (AvgIpc) is 2.76. The number of morpholine rings is 1. The molecule has 1 N–H and O–H groups in total. The molecule has 0 spiro atoms. The van der Waals surface area contributed by atoms with Gasteiger partial charge in [-0.15, -0.1) is 5.10 Å². The number of ether oxygens (including phenoxy) is 1. The normalized spacial score (nSPS) is 26.2. The largest absolute Gasteiger partial charge is 0.371 e. The molecule has 2 aliphatic heterocycles. The van der Waals surface area contributed by atoms with Gasteiger partial charge >= 0.3 is 0 Å². The van der Waals surface area contributed by atoms with Gasteiger partial charge in [0.15, 0.2) is 5.82 Å². The van der Waals surface area contributed by atoms with Gasteiger partial charge < -0.3 is 15.0 Å². The summed E-state index contributed by atoms with van der Waals surface area (Å²) in [6.07, 6.45) is 3.15. The average molecular weight is 262 g/mol. The quantitative estimate of drug-likeness (QED) is 0.887. The third kappa shape index (κ3) is 3.04. The fourth-order valence-corrected chi connectivity index (χ4v) is 2.73. The van der Waals surface area contributed by atoms with Crippen LogP contribution in [0, 0.1) is 0 Å². The minimum atomic E-state index is 0.392. The van der Waals surface area contributed by atoms with Crippen molar-refractivity contribution in [2.45, 2.75) is 51.5 Å². The predicted octanol–water partition coefficient (Wildman–Crippen LogP) is 1.34. The lowest BCUT2D eigenvalue weighted by Crippen LogP contribution is -2.43. The van der Waals surface area contributed by atoms with Gasteiger partial charge in [-0.3, -0.25) is 0 Å². The highest BCUT2D eigenvalue weighted by molar-refractivity contribution is 5.38. The molecule has 3 heterocycles. The number of rotatable bonds is 4. The fraction of sp³-hybridized carbons (Fsp3) is 0.714. The molecule has 104 valence electrons. The molecule has 0 saturated carbocycles. The Bertz CT molecular complexity index is 408. The van der Waals surface area contributed by atoms with E-state index in [4.69, 9.17) is 4.74 Å². The number of fused-ring (bicyclic) bond motifs is 2. The van der Waals surface area contributed by atoms with Crippen molar-refractivity contribution < 1.29 is 4.74 Å². The van der Waals surface area contributed by atoms with Crippen LogP contribution in [0.5, 0.6) is 0 Å². The van der Waals surface area contributed by atoms with Crippen molar-refractivity contribution in [1.29, 1.82) is 0 Å². The van der Waals surface area contributed by atoms with E-state index in [1.807, 2.05) is 0 Å². The molecule has 3 rings (SSSR count). The summed E-state index contributed by atoms with van der Waals surface area (Å²) in [5.74, 6) is 0.980. The molecule has 5 nitrogen and oxygen atoms in total. The maximum Gasteiger partial charge on any atom is 0.151 e. The van der Waals surface area contributed by atoms with Crippen molar-refractivity contribution >= 4 is 5.82 Å². The van der Waals surface area contributed by atoms with Crippen LogP contribution in [0.25, 0.3) is 0 Å². The highest BCUT2D eigenvalue weighted by Crippen LogP contribution is 2.28. The molecule has 2 atom stereocenters. The second-order valence-corrected chi connectivity index (χ2v) is 5.78. The first-order valence-electron chi connectivity index (χ1n) is 7.17. The second kappa shape index (κ2) is 5.43. The van der Waals surface area contributed by atoms with Crippen LogP contribution in [-0.4, -0.2) is 41.5 Å². The van der Waals surface area contributed by atoms with Crippen molar-refractivity contribution in [3.05, 3.63) is 17.8 Å². The van der Waals surface area contributed by atoms with Crippen LogP contribution in [0.4, 0.5) is 5.82 Å². The summed E-state index contributed by atoms with van der Waals surface area (Å²) in [5, 5.41) is 12.0. The molecule has 2 aliphatic rings. The van der Waals surface area contributed by atoms with Gasteiger partial charge in [-0.1, -0.05) is 13.8 Å². The molecule has 0 aromatic carbocycles. The summed E-state index contributed by atoms with van der Waals surface area (Å²) in [6, 6.07) is 4.61. The lowest BCUT2D eigenvalue weighted by atomic mass is 10.2. The maximum absolute atomic E-state index is 5.84. The molecule has 1 aromatic heterocycles. The van der Waals surface area contributed by atoms with E-state index in [9.17, 15) is 0 Å². The van der Waals surface area contributed by atoms with Crippen LogP contribution >= 0.6 is 0 Å². The molecule has 0 radical (unpaired) electrons. The minimum Gasteiger partial charge on any atom is -0.371 e. The van der Waals surface area contributed by atoms with Gasteiger partial charge in [-0.2, -0.15) is 5.10 Å². The maximum atomic E-state index is 5.84. The summed E-state index contributed by atoms with van der Waals surface area (Å²) >= 11 is 0. The molecule has 5 heteroatoms. The van der Waals surface area contributed by atoms with Gasteiger partial charge in [0.05, 0.1) is 17.9 Å². The lowest BCUT2D eigenvalue weighted by Gasteiger charge is -2.32. The number of anilines is 1. The van der Waals surface area contributed by atoms with E-state index in [1.54, 1.807) is 0 Å². The monoisotopic (exact) mass is 262 g/mol. The summed E-state index contributed by atoms with van der Waals surface area (Å²) in [7, 11) is 0. The number of hydrogen-bond acceptors (Lipinski definition) is 5. The lowest BCUT2D eigenvalue weighted by molar-refractivity contribution is 0.0301. The number of hydrogen-bond donors (Lipinski definition) is 1. The van der Waals surface area contributed by atoms with Gasteiger partial charge in [-0.25, -0.2) is 0 Å². The highest BCUT2D eigenvalue weighted by atomic mass is 16.5. The summed E-state index contributed by atoms with van der Waals surface area (Å²) in [5.41, 5.74) is 0.994. The number of nitrogens with one attached hydrogen (secondary N) is 1. The van der Waals surface area contributed by atoms with E-state index in [0.29, 0.717) is 18.2 Å². The first kappa shape index (κ1) is 12.8. The molecule has 2 fully saturated rings. The zero-order valence-corrected chi connectivity index (χ0v) is 11.7. The van der Waals surface area contributed by atoms with Crippen molar-refractivity contribution in [3.8, 4) is 0 Å². The smallest absolute Gasteiger partial charge is 0.151 e. The summed E-state index contributed by atoms with van der Waals surface area (Å²) < 4.78 is 5.84. The molecular formula is C14H22N4O. The van der Waals surface area contributed by atoms with Crippen LogP contribution in [-0.2, 0) is 11.3 Å². The third-order valence-electron chi connectivity index (χ3n) is 3.76. The van der Waals surface area contributed by atoms with E-state index in [1.165, 1.54) is 12.8 Å². The Hall–Kier alpha value is -1.20. The molecule has 0 aliphatic carbocycles. The molecule has 1 aromatic rings. The zero-order valence-electron chi connectivity index (χ0n) is 11.7. The molecule has 2 unspecified atom stereocenters. The van der Waals surface area contributed by atoms with Gasteiger partial charge in [0.2, 0.25) is 0 Å². The Kier molecular flexibility index (Phi) is 3.66. The first-order valence-corrected chi connectivity index (χ1v) is 7.17. The Morgan fingerprint density at radius 3 is 2.58 bits per heavy atom. The van der Waals surface area contributed by atoms with Crippen LogP contribution in [0.2, 0.25) is 0 Å². The van der Waals surface area contributed by atoms with Crippen molar-refractivity contribution in [1.82, 2.24) is 15.5 Å². The topological polar surface area (TPSA) is 50.3 Å². The van der Waals surface area contributed by atoms with Gasteiger partial charge in [-0.05, 0) is 25.0 Å². The van der Waals surface area contributed by atoms with Crippen LogP contribution in [0.1, 0.15) is 32.4 Å². The standard InChI is InChI=1S/C14H22N4O/c1-10(2)15-7-11-3-6-14(17-16-11)18-8-12-4-5-13(9-18)19-12/h3,6,10,12-13,15H,4-5,7-9H2,1-2H3. The molecule has 2 bridgehead atoms. The van der Waals surface area contributed by atoms with E-state index >= 15 is 0 Å². The second-order valence-electron chi connectivity index (χ2n) is 5.78. The number of nitrogens with zero attached hydrogens (tertiary/aromatic N) is 3. The van der Waals surface area contributed by atoms with E-state index in [-0.39, 0.29) is 0 Å². The SMILES string of the molecule is CC(C)NCc1ccc(N2CC3CCC(C2)O3)nn1. The Labute approximate surface area is 114 Å². The van der Waals surface area contributed by atoms with Crippen molar-refractivity contribution in [3.63, 3.8) is 0 Å². The Morgan fingerprint density at radius 2 is 2.00 bits per heavy atom. The van der Waals surface area contributed by atoms with Gasteiger partial charge in [0.1, 0.15) is 0 Å². The predicted molar refractivity (Wildman–Crippen MR) is 74.1 cm³/mol. The van der Waals surface area contributed by atoms with Crippen LogP contribution in [0.15, 0.2) is 12.1 Å². The molecule has 19 heavy (non-hydrogen) atoms. The summed E-state index contributed by atoms with van der Waals surface area (Å²) in [6.45, 7) is 6.94. The highest BCUT2D eigenvalue weighted by Gasteiger charge is 2.34. The molecule has 0 amide bonds.